The maximum absolute atomic E-state index is 12.0. The summed E-state index contributed by atoms with van der Waals surface area (Å²) in [4.78, 5) is 14.0. The molecular weight excluding hydrogens is 212 g/mol. The number of piperidine rings is 1. The Hall–Kier alpha value is -0.830. The SMILES string of the molecule is C=CCC(N)C(=O)N1CCC2(CCCC2)CC1. The molecule has 2 aliphatic rings. The minimum atomic E-state index is -0.384. The van der Waals surface area contributed by atoms with E-state index < -0.39 is 0 Å². The minimum Gasteiger partial charge on any atom is -0.341 e. The molecule has 2 fully saturated rings. The van der Waals surface area contributed by atoms with E-state index in [4.69, 9.17) is 5.73 Å². The summed E-state index contributed by atoms with van der Waals surface area (Å²) in [6.07, 6.45) is 10.2. The summed E-state index contributed by atoms with van der Waals surface area (Å²) in [6, 6.07) is -0.384. The van der Waals surface area contributed by atoms with Crippen molar-refractivity contribution in [3.8, 4) is 0 Å². The molecule has 0 radical (unpaired) electrons. The van der Waals surface area contributed by atoms with Crippen molar-refractivity contribution in [3.05, 3.63) is 12.7 Å². The normalized spacial score (nSPS) is 24.9. The lowest BCUT2D eigenvalue weighted by Crippen LogP contribution is -2.48. The van der Waals surface area contributed by atoms with E-state index in [0.717, 1.165) is 13.1 Å². The molecule has 1 unspecified atom stereocenters. The first-order chi connectivity index (χ1) is 8.17. The Kier molecular flexibility index (Phi) is 3.87. The van der Waals surface area contributed by atoms with Crippen LogP contribution in [0.2, 0.25) is 0 Å². The maximum Gasteiger partial charge on any atom is 0.239 e. The fraction of sp³-hybridized carbons (Fsp3) is 0.786. The molecule has 0 aromatic rings. The van der Waals surface area contributed by atoms with Crippen molar-refractivity contribution in [2.45, 2.75) is 51.0 Å². The molecular formula is C14H24N2O. The highest BCUT2D eigenvalue weighted by Crippen LogP contribution is 2.46. The monoisotopic (exact) mass is 236 g/mol. The average molecular weight is 236 g/mol. The molecule has 1 saturated carbocycles. The van der Waals surface area contributed by atoms with Crippen LogP contribution in [0.15, 0.2) is 12.7 Å². The van der Waals surface area contributed by atoms with Crippen LogP contribution in [0.5, 0.6) is 0 Å². The van der Waals surface area contributed by atoms with Crippen LogP contribution in [-0.2, 0) is 4.79 Å². The molecule has 0 aromatic carbocycles. The van der Waals surface area contributed by atoms with Crippen molar-refractivity contribution in [1.29, 1.82) is 0 Å². The van der Waals surface area contributed by atoms with Gasteiger partial charge in [-0.25, -0.2) is 0 Å². The van der Waals surface area contributed by atoms with Gasteiger partial charge in [-0.05, 0) is 37.5 Å². The zero-order valence-corrected chi connectivity index (χ0v) is 10.7. The quantitative estimate of drug-likeness (QED) is 0.763. The molecule has 17 heavy (non-hydrogen) atoms. The number of hydrogen-bond acceptors (Lipinski definition) is 2. The number of carbonyl (C=O) groups excluding carboxylic acids is 1. The molecule has 1 aliphatic carbocycles. The van der Waals surface area contributed by atoms with Crippen LogP contribution in [0.1, 0.15) is 44.9 Å². The van der Waals surface area contributed by atoms with Gasteiger partial charge in [-0.15, -0.1) is 6.58 Å². The van der Waals surface area contributed by atoms with Gasteiger partial charge in [0.1, 0.15) is 0 Å². The highest BCUT2D eigenvalue weighted by atomic mass is 16.2. The standard InChI is InChI=1S/C14H24N2O/c1-2-5-12(15)13(17)16-10-8-14(9-11-16)6-3-4-7-14/h2,12H,1,3-11,15H2. The Morgan fingerprint density at radius 1 is 1.29 bits per heavy atom. The number of hydrogen-bond donors (Lipinski definition) is 1. The molecule has 1 heterocycles. The third-order valence-corrected chi connectivity index (χ3v) is 4.54. The van der Waals surface area contributed by atoms with Crippen LogP contribution in [0.3, 0.4) is 0 Å². The average Bonchev–Trinajstić information content (AvgIpc) is 2.78. The van der Waals surface area contributed by atoms with Gasteiger partial charge in [-0.2, -0.15) is 0 Å². The van der Waals surface area contributed by atoms with Crippen molar-refractivity contribution >= 4 is 5.91 Å². The van der Waals surface area contributed by atoms with E-state index in [-0.39, 0.29) is 11.9 Å². The zero-order valence-electron chi connectivity index (χ0n) is 10.7. The molecule has 3 heteroatoms. The topological polar surface area (TPSA) is 46.3 Å². The first-order valence-electron chi connectivity index (χ1n) is 6.82. The van der Waals surface area contributed by atoms with Crippen LogP contribution in [0.4, 0.5) is 0 Å². The fourth-order valence-electron chi connectivity index (χ4n) is 3.34. The van der Waals surface area contributed by atoms with Crippen molar-refractivity contribution in [2.24, 2.45) is 11.1 Å². The highest BCUT2D eigenvalue weighted by molar-refractivity contribution is 5.81. The smallest absolute Gasteiger partial charge is 0.239 e. The van der Waals surface area contributed by atoms with Crippen molar-refractivity contribution < 1.29 is 4.79 Å². The molecule has 96 valence electrons. The highest BCUT2D eigenvalue weighted by Gasteiger charge is 2.38. The van der Waals surface area contributed by atoms with E-state index in [9.17, 15) is 4.79 Å². The van der Waals surface area contributed by atoms with E-state index in [1.54, 1.807) is 6.08 Å². The Labute approximate surface area is 104 Å². The fourth-order valence-corrected chi connectivity index (χ4v) is 3.34. The van der Waals surface area contributed by atoms with Gasteiger partial charge in [0, 0.05) is 13.1 Å². The molecule has 0 aromatic heterocycles. The van der Waals surface area contributed by atoms with Gasteiger partial charge >= 0.3 is 0 Å². The third-order valence-electron chi connectivity index (χ3n) is 4.54. The second-order valence-electron chi connectivity index (χ2n) is 5.66. The lowest BCUT2D eigenvalue weighted by atomic mass is 9.77. The molecule has 1 spiro atoms. The molecule has 3 nitrogen and oxygen atoms in total. The largest absolute Gasteiger partial charge is 0.341 e. The van der Waals surface area contributed by atoms with Crippen LogP contribution < -0.4 is 5.73 Å². The van der Waals surface area contributed by atoms with Crippen LogP contribution in [-0.4, -0.2) is 29.9 Å². The van der Waals surface area contributed by atoms with E-state index in [0.29, 0.717) is 11.8 Å². The predicted octanol–water partition coefficient (Wildman–Crippen LogP) is 2.07. The van der Waals surface area contributed by atoms with Gasteiger partial charge in [0.25, 0.3) is 0 Å². The van der Waals surface area contributed by atoms with Gasteiger partial charge in [-0.3, -0.25) is 4.79 Å². The number of nitrogens with zero attached hydrogens (tertiary/aromatic N) is 1. The van der Waals surface area contributed by atoms with Gasteiger partial charge in [0.05, 0.1) is 6.04 Å². The van der Waals surface area contributed by atoms with Crippen molar-refractivity contribution in [1.82, 2.24) is 4.90 Å². The summed E-state index contributed by atoms with van der Waals surface area (Å²) in [6.45, 7) is 5.45. The molecule has 2 N–H and O–H groups in total. The summed E-state index contributed by atoms with van der Waals surface area (Å²) in [5, 5.41) is 0. The van der Waals surface area contributed by atoms with Gasteiger partial charge in [-0.1, -0.05) is 18.9 Å². The molecule has 0 bridgehead atoms. The lowest BCUT2D eigenvalue weighted by molar-refractivity contribution is -0.134. The maximum atomic E-state index is 12.0. The Morgan fingerprint density at radius 2 is 1.88 bits per heavy atom. The summed E-state index contributed by atoms with van der Waals surface area (Å²) in [5.41, 5.74) is 6.41. The van der Waals surface area contributed by atoms with Crippen LogP contribution in [0, 0.1) is 5.41 Å². The number of likely N-dealkylation sites (tertiary alicyclic amines) is 1. The predicted molar refractivity (Wildman–Crippen MR) is 69.5 cm³/mol. The molecule has 1 atom stereocenters. The Bertz CT molecular complexity index is 285. The summed E-state index contributed by atoms with van der Waals surface area (Å²) in [7, 11) is 0. The third kappa shape index (κ3) is 2.71. The first-order valence-corrected chi connectivity index (χ1v) is 6.82. The summed E-state index contributed by atoms with van der Waals surface area (Å²) >= 11 is 0. The van der Waals surface area contributed by atoms with E-state index in [2.05, 4.69) is 6.58 Å². The first kappa shape index (κ1) is 12.6. The van der Waals surface area contributed by atoms with E-state index in [1.807, 2.05) is 4.90 Å². The number of carbonyl (C=O) groups is 1. The van der Waals surface area contributed by atoms with Gasteiger partial charge in [0.2, 0.25) is 5.91 Å². The van der Waals surface area contributed by atoms with Crippen molar-refractivity contribution in [2.75, 3.05) is 13.1 Å². The second kappa shape index (κ2) is 5.21. The van der Waals surface area contributed by atoms with Crippen LogP contribution in [0.25, 0.3) is 0 Å². The zero-order chi connectivity index (χ0) is 12.3. The summed E-state index contributed by atoms with van der Waals surface area (Å²) in [5.74, 6) is 0.109. The Morgan fingerprint density at radius 3 is 2.41 bits per heavy atom. The van der Waals surface area contributed by atoms with Crippen LogP contribution >= 0.6 is 0 Å². The van der Waals surface area contributed by atoms with E-state index >= 15 is 0 Å². The van der Waals surface area contributed by atoms with Crippen molar-refractivity contribution in [3.63, 3.8) is 0 Å². The number of nitrogens with two attached hydrogens (primary N) is 1. The van der Waals surface area contributed by atoms with Gasteiger partial charge in [0.15, 0.2) is 0 Å². The molecule has 2 rings (SSSR count). The van der Waals surface area contributed by atoms with Gasteiger partial charge < -0.3 is 10.6 Å². The lowest BCUT2D eigenvalue weighted by Gasteiger charge is -2.40. The summed E-state index contributed by atoms with van der Waals surface area (Å²) < 4.78 is 0. The number of rotatable bonds is 3. The molecule has 1 amide bonds. The minimum absolute atomic E-state index is 0.109. The Balaban J connectivity index is 1.86. The van der Waals surface area contributed by atoms with E-state index in [1.165, 1.54) is 38.5 Å². The molecule has 1 saturated heterocycles. The second-order valence-corrected chi connectivity index (χ2v) is 5.66. The number of amides is 1. The molecule has 1 aliphatic heterocycles.